The van der Waals surface area contributed by atoms with E-state index < -0.39 is 0 Å². The number of fused-ring (bicyclic) bond motifs is 1. The molecule has 1 N–H and O–H groups in total. The third kappa shape index (κ3) is 3.40. The maximum Gasteiger partial charge on any atom is 0.251 e. The van der Waals surface area contributed by atoms with Crippen LogP contribution in [0.3, 0.4) is 0 Å². The molecule has 2 heterocycles. The minimum atomic E-state index is -0.310. The summed E-state index contributed by atoms with van der Waals surface area (Å²) in [6.45, 7) is 3.19. The highest BCUT2D eigenvalue weighted by Gasteiger charge is 2.42. The SMILES string of the molecule is CCCNC(=O)c1ccc(CN2CC(=O)N3CSC[C@H]3C2=O)cc1. The Hall–Kier alpha value is -2.02. The first-order valence-electron chi connectivity index (χ1n) is 8.13. The first kappa shape index (κ1) is 16.8. The number of benzene rings is 1. The van der Waals surface area contributed by atoms with Crippen LogP contribution in [0.5, 0.6) is 0 Å². The molecule has 0 bridgehead atoms. The van der Waals surface area contributed by atoms with Crippen molar-refractivity contribution in [2.75, 3.05) is 24.7 Å². The van der Waals surface area contributed by atoms with E-state index in [1.165, 1.54) is 0 Å². The maximum absolute atomic E-state index is 12.5. The molecule has 24 heavy (non-hydrogen) atoms. The zero-order valence-electron chi connectivity index (χ0n) is 13.7. The van der Waals surface area contributed by atoms with Gasteiger partial charge in [0.2, 0.25) is 11.8 Å². The molecule has 3 rings (SSSR count). The fourth-order valence-electron chi connectivity index (χ4n) is 2.89. The topological polar surface area (TPSA) is 69.7 Å². The minimum absolute atomic E-state index is 0.0140. The zero-order chi connectivity index (χ0) is 17.1. The van der Waals surface area contributed by atoms with Gasteiger partial charge in [0.05, 0.1) is 5.88 Å². The molecule has 1 aromatic rings. The van der Waals surface area contributed by atoms with Crippen molar-refractivity contribution in [3.05, 3.63) is 35.4 Å². The molecular formula is C17H21N3O3S. The molecule has 0 aliphatic carbocycles. The summed E-state index contributed by atoms with van der Waals surface area (Å²) in [5.41, 5.74) is 1.52. The van der Waals surface area contributed by atoms with E-state index in [1.807, 2.05) is 19.1 Å². The van der Waals surface area contributed by atoms with Gasteiger partial charge in [-0.25, -0.2) is 0 Å². The van der Waals surface area contributed by atoms with Gasteiger partial charge in [-0.2, -0.15) is 0 Å². The van der Waals surface area contributed by atoms with E-state index >= 15 is 0 Å². The predicted molar refractivity (Wildman–Crippen MR) is 92.4 cm³/mol. The van der Waals surface area contributed by atoms with Gasteiger partial charge in [-0.3, -0.25) is 14.4 Å². The van der Waals surface area contributed by atoms with Crippen molar-refractivity contribution in [3.8, 4) is 0 Å². The highest BCUT2D eigenvalue weighted by molar-refractivity contribution is 7.99. The monoisotopic (exact) mass is 347 g/mol. The quantitative estimate of drug-likeness (QED) is 0.865. The van der Waals surface area contributed by atoms with Crippen molar-refractivity contribution in [1.29, 1.82) is 0 Å². The van der Waals surface area contributed by atoms with Crippen LogP contribution in [0.15, 0.2) is 24.3 Å². The average Bonchev–Trinajstić information content (AvgIpc) is 3.08. The summed E-state index contributed by atoms with van der Waals surface area (Å²) >= 11 is 1.62. The number of amides is 3. The molecule has 6 nitrogen and oxygen atoms in total. The van der Waals surface area contributed by atoms with Crippen LogP contribution >= 0.6 is 11.8 Å². The van der Waals surface area contributed by atoms with Gasteiger partial charge in [0, 0.05) is 24.4 Å². The highest BCUT2D eigenvalue weighted by atomic mass is 32.2. The lowest BCUT2D eigenvalue weighted by Gasteiger charge is -2.35. The van der Waals surface area contributed by atoms with Gasteiger partial charge >= 0.3 is 0 Å². The van der Waals surface area contributed by atoms with E-state index in [1.54, 1.807) is 33.7 Å². The third-order valence-electron chi connectivity index (χ3n) is 4.25. The standard InChI is InChI=1S/C17H21N3O3S/c1-2-7-18-16(22)13-5-3-12(4-6-13)8-19-9-15(21)20-11-24-10-14(20)17(19)23/h3-6,14H,2,7-11H2,1H3,(H,18,22)/t14-/m0/s1. The summed E-state index contributed by atoms with van der Waals surface area (Å²) in [5, 5.41) is 2.83. The van der Waals surface area contributed by atoms with Crippen LogP contribution in [-0.2, 0) is 16.1 Å². The van der Waals surface area contributed by atoms with Crippen molar-refractivity contribution in [3.63, 3.8) is 0 Å². The first-order chi connectivity index (χ1) is 11.6. The zero-order valence-corrected chi connectivity index (χ0v) is 14.5. The highest BCUT2D eigenvalue weighted by Crippen LogP contribution is 2.26. The second-order valence-electron chi connectivity index (χ2n) is 6.03. The van der Waals surface area contributed by atoms with Crippen LogP contribution in [0.4, 0.5) is 0 Å². The van der Waals surface area contributed by atoms with Crippen LogP contribution in [0, 0.1) is 0 Å². The Morgan fingerprint density at radius 2 is 2.04 bits per heavy atom. The smallest absolute Gasteiger partial charge is 0.251 e. The molecule has 128 valence electrons. The van der Waals surface area contributed by atoms with Crippen LogP contribution in [0.1, 0.15) is 29.3 Å². The van der Waals surface area contributed by atoms with Crippen molar-refractivity contribution in [2.24, 2.45) is 0 Å². The van der Waals surface area contributed by atoms with Gasteiger partial charge in [-0.15, -0.1) is 11.8 Å². The number of thioether (sulfide) groups is 1. The van der Waals surface area contributed by atoms with Crippen LogP contribution < -0.4 is 5.32 Å². The molecule has 0 aromatic heterocycles. The summed E-state index contributed by atoms with van der Waals surface area (Å²) in [6.07, 6.45) is 0.894. The first-order valence-corrected chi connectivity index (χ1v) is 9.28. The Balaban J connectivity index is 1.64. The molecule has 3 amide bonds. The summed E-state index contributed by atoms with van der Waals surface area (Å²) in [6, 6.07) is 6.89. The van der Waals surface area contributed by atoms with E-state index in [-0.39, 0.29) is 30.3 Å². The van der Waals surface area contributed by atoms with E-state index in [0.29, 0.717) is 30.3 Å². The molecule has 1 aromatic carbocycles. The number of rotatable bonds is 5. The number of nitrogens with one attached hydrogen (secondary N) is 1. The summed E-state index contributed by atoms with van der Waals surface area (Å²) in [7, 11) is 0. The third-order valence-corrected chi connectivity index (χ3v) is 5.26. The maximum atomic E-state index is 12.5. The van der Waals surface area contributed by atoms with Crippen LogP contribution in [0.2, 0.25) is 0 Å². The Morgan fingerprint density at radius 3 is 2.75 bits per heavy atom. The Kier molecular flexibility index (Phi) is 5.08. The van der Waals surface area contributed by atoms with Crippen molar-refractivity contribution in [2.45, 2.75) is 25.9 Å². The van der Waals surface area contributed by atoms with E-state index in [2.05, 4.69) is 5.32 Å². The molecular weight excluding hydrogens is 326 g/mol. The lowest BCUT2D eigenvalue weighted by atomic mass is 10.1. The molecule has 0 radical (unpaired) electrons. The molecule has 0 unspecified atom stereocenters. The Morgan fingerprint density at radius 1 is 1.29 bits per heavy atom. The molecule has 7 heteroatoms. The van der Waals surface area contributed by atoms with Crippen LogP contribution in [-0.4, -0.2) is 58.3 Å². The summed E-state index contributed by atoms with van der Waals surface area (Å²) in [5.74, 6) is 1.23. The van der Waals surface area contributed by atoms with E-state index in [4.69, 9.17) is 0 Å². The predicted octanol–water partition coefficient (Wildman–Crippen LogP) is 1.07. The molecule has 2 fully saturated rings. The number of carbonyl (C=O) groups is 3. The Labute approximate surface area is 145 Å². The molecule has 0 spiro atoms. The molecule has 0 saturated carbocycles. The molecule has 1 atom stereocenters. The summed E-state index contributed by atoms with van der Waals surface area (Å²) < 4.78 is 0. The lowest BCUT2D eigenvalue weighted by molar-refractivity contribution is -0.153. The van der Waals surface area contributed by atoms with Gasteiger partial charge in [0.15, 0.2) is 0 Å². The second-order valence-corrected chi connectivity index (χ2v) is 7.03. The molecule has 2 aliphatic heterocycles. The second kappa shape index (κ2) is 7.25. The van der Waals surface area contributed by atoms with E-state index in [9.17, 15) is 14.4 Å². The van der Waals surface area contributed by atoms with E-state index in [0.717, 1.165) is 12.0 Å². The average molecular weight is 347 g/mol. The number of hydrogen-bond donors (Lipinski definition) is 1. The van der Waals surface area contributed by atoms with Gasteiger partial charge < -0.3 is 15.1 Å². The van der Waals surface area contributed by atoms with Gasteiger partial charge in [-0.05, 0) is 24.1 Å². The van der Waals surface area contributed by atoms with Crippen molar-refractivity contribution >= 4 is 29.5 Å². The largest absolute Gasteiger partial charge is 0.352 e. The number of piperazine rings is 1. The molecule has 2 aliphatic rings. The van der Waals surface area contributed by atoms with Gasteiger partial charge in [0.25, 0.3) is 5.91 Å². The van der Waals surface area contributed by atoms with Gasteiger partial charge in [0.1, 0.15) is 12.6 Å². The molecule has 2 saturated heterocycles. The fourth-order valence-corrected chi connectivity index (χ4v) is 4.06. The number of hydrogen-bond acceptors (Lipinski definition) is 4. The van der Waals surface area contributed by atoms with Gasteiger partial charge in [-0.1, -0.05) is 19.1 Å². The van der Waals surface area contributed by atoms with Crippen molar-refractivity contribution in [1.82, 2.24) is 15.1 Å². The fraction of sp³-hybridized carbons (Fsp3) is 0.471. The number of carbonyl (C=O) groups excluding carboxylic acids is 3. The van der Waals surface area contributed by atoms with Crippen LogP contribution in [0.25, 0.3) is 0 Å². The number of nitrogens with zero attached hydrogens (tertiary/aromatic N) is 2. The lowest BCUT2D eigenvalue weighted by Crippen LogP contribution is -2.57. The van der Waals surface area contributed by atoms with Crippen molar-refractivity contribution < 1.29 is 14.4 Å². The Bertz CT molecular complexity index is 647. The minimum Gasteiger partial charge on any atom is -0.352 e. The summed E-state index contributed by atoms with van der Waals surface area (Å²) in [4.78, 5) is 39.8. The normalized spacial score (nSPS) is 20.3.